The van der Waals surface area contributed by atoms with E-state index < -0.39 is 0 Å². The Kier molecular flexibility index (Phi) is 1.91. The van der Waals surface area contributed by atoms with E-state index in [2.05, 4.69) is 5.10 Å². The van der Waals surface area contributed by atoms with Crippen molar-refractivity contribution >= 4 is 23.5 Å². The van der Waals surface area contributed by atoms with Crippen LogP contribution in [0.4, 0.5) is 0 Å². The van der Waals surface area contributed by atoms with Crippen LogP contribution in [0.5, 0.6) is 0 Å². The first-order valence-electron chi connectivity index (χ1n) is 3.71. The quantitative estimate of drug-likeness (QED) is 0.678. The minimum atomic E-state index is 0.0865. The van der Waals surface area contributed by atoms with Gasteiger partial charge in [0.2, 0.25) is 5.91 Å². The van der Waals surface area contributed by atoms with Gasteiger partial charge in [-0.25, -0.2) is 5.01 Å². The number of carbonyl (C=O) groups is 1. The maximum absolute atomic E-state index is 11.1. The van der Waals surface area contributed by atoms with E-state index in [-0.39, 0.29) is 5.91 Å². The third-order valence-electron chi connectivity index (χ3n) is 1.66. The summed E-state index contributed by atoms with van der Waals surface area (Å²) < 4.78 is 0. The molecule has 0 saturated carbocycles. The highest BCUT2D eigenvalue weighted by atomic mass is 32.1. The molecule has 0 saturated heterocycles. The smallest absolute Gasteiger partial charge is 0.248 e. The van der Waals surface area contributed by atoms with Crippen LogP contribution < -0.4 is 0 Å². The van der Waals surface area contributed by atoms with Crippen molar-refractivity contribution in [1.29, 1.82) is 0 Å². The van der Waals surface area contributed by atoms with E-state index in [9.17, 15) is 4.79 Å². The fourth-order valence-electron chi connectivity index (χ4n) is 1.07. The number of hydrogen-bond acceptors (Lipinski definition) is 3. The van der Waals surface area contributed by atoms with E-state index in [0.29, 0.717) is 13.0 Å². The van der Waals surface area contributed by atoms with Crippen molar-refractivity contribution in [2.24, 2.45) is 5.10 Å². The maximum atomic E-state index is 11.1. The molecule has 2 heterocycles. The first kappa shape index (κ1) is 7.49. The molecule has 0 aromatic carbocycles. The fraction of sp³-hybridized carbons (Fsp3) is 0.250. The predicted molar refractivity (Wildman–Crippen MR) is 48.0 cm³/mol. The summed E-state index contributed by atoms with van der Waals surface area (Å²) in [6.07, 6.45) is 2.10. The van der Waals surface area contributed by atoms with E-state index in [4.69, 9.17) is 0 Å². The SMILES string of the molecule is O=C1CC=NN1Cc1cccs1. The van der Waals surface area contributed by atoms with Crippen LogP contribution in [0.3, 0.4) is 0 Å². The van der Waals surface area contributed by atoms with Crippen LogP contribution in [-0.4, -0.2) is 17.1 Å². The second-order valence-corrected chi connectivity index (χ2v) is 3.57. The summed E-state index contributed by atoms with van der Waals surface area (Å²) in [5, 5.41) is 7.46. The molecule has 0 spiro atoms. The minimum Gasteiger partial charge on any atom is -0.273 e. The number of rotatable bonds is 2. The molecule has 4 heteroatoms. The second-order valence-electron chi connectivity index (χ2n) is 2.53. The van der Waals surface area contributed by atoms with E-state index in [1.54, 1.807) is 17.6 Å². The Hall–Kier alpha value is -1.16. The molecule has 2 rings (SSSR count). The van der Waals surface area contributed by atoms with Crippen molar-refractivity contribution in [3.63, 3.8) is 0 Å². The largest absolute Gasteiger partial charge is 0.273 e. The Balaban J connectivity index is 2.04. The van der Waals surface area contributed by atoms with Crippen LogP contribution >= 0.6 is 11.3 Å². The summed E-state index contributed by atoms with van der Waals surface area (Å²) in [6, 6.07) is 3.98. The summed E-state index contributed by atoms with van der Waals surface area (Å²) in [5.74, 6) is 0.0865. The molecule has 1 aliphatic rings. The number of carbonyl (C=O) groups excluding carboxylic acids is 1. The summed E-state index contributed by atoms with van der Waals surface area (Å²) in [6.45, 7) is 0.618. The number of thiophene rings is 1. The van der Waals surface area contributed by atoms with Crippen molar-refractivity contribution in [3.05, 3.63) is 22.4 Å². The number of nitrogens with zero attached hydrogens (tertiary/aromatic N) is 2. The Bertz CT molecular complexity index is 305. The van der Waals surface area contributed by atoms with Gasteiger partial charge in [-0.3, -0.25) is 4.79 Å². The molecule has 1 aliphatic heterocycles. The first-order valence-corrected chi connectivity index (χ1v) is 4.59. The molecule has 12 heavy (non-hydrogen) atoms. The van der Waals surface area contributed by atoms with Crippen molar-refractivity contribution in [2.45, 2.75) is 13.0 Å². The highest BCUT2D eigenvalue weighted by molar-refractivity contribution is 7.09. The van der Waals surface area contributed by atoms with Crippen molar-refractivity contribution in [3.8, 4) is 0 Å². The van der Waals surface area contributed by atoms with Crippen molar-refractivity contribution in [1.82, 2.24) is 5.01 Å². The predicted octanol–water partition coefficient (Wildman–Crippen LogP) is 1.47. The van der Waals surface area contributed by atoms with E-state index in [1.807, 2.05) is 17.5 Å². The average molecular weight is 180 g/mol. The van der Waals surface area contributed by atoms with Gasteiger partial charge in [0.25, 0.3) is 0 Å². The van der Waals surface area contributed by atoms with Crippen LogP contribution in [0, 0.1) is 0 Å². The van der Waals surface area contributed by atoms with Gasteiger partial charge in [-0.1, -0.05) is 6.07 Å². The summed E-state index contributed by atoms with van der Waals surface area (Å²) >= 11 is 1.64. The molecular formula is C8H8N2OS. The van der Waals surface area contributed by atoms with Gasteiger partial charge in [-0.2, -0.15) is 5.10 Å². The molecule has 3 nitrogen and oxygen atoms in total. The van der Waals surface area contributed by atoms with Crippen LogP contribution in [-0.2, 0) is 11.3 Å². The lowest BCUT2D eigenvalue weighted by atomic mass is 10.4. The van der Waals surface area contributed by atoms with Crippen molar-refractivity contribution in [2.75, 3.05) is 0 Å². The molecule has 1 aromatic heterocycles. The minimum absolute atomic E-state index is 0.0865. The number of amides is 1. The lowest BCUT2D eigenvalue weighted by Gasteiger charge is -2.09. The summed E-state index contributed by atoms with van der Waals surface area (Å²) in [5.41, 5.74) is 0. The molecule has 1 aromatic rings. The maximum Gasteiger partial charge on any atom is 0.248 e. The van der Waals surface area contributed by atoms with Gasteiger partial charge in [0, 0.05) is 11.1 Å². The van der Waals surface area contributed by atoms with Crippen LogP contribution in [0.25, 0.3) is 0 Å². The fourth-order valence-corrected chi connectivity index (χ4v) is 1.75. The van der Waals surface area contributed by atoms with E-state index in [0.717, 1.165) is 0 Å². The summed E-state index contributed by atoms with van der Waals surface area (Å²) in [4.78, 5) is 12.3. The van der Waals surface area contributed by atoms with Gasteiger partial charge < -0.3 is 0 Å². The Morgan fingerprint density at radius 1 is 1.67 bits per heavy atom. The topological polar surface area (TPSA) is 32.7 Å². The highest BCUT2D eigenvalue weighted by Crippen LogP contribution is 2.14. The second kappa shape index (κ2) is 3.06. The zero-order valence-corrected chi connectivity index (χ0v) is 7.25. The normalized spacial score (nSPS) is 16.0. The number of hydrogen-bond donors (Lipinski definition) is 0. The molecule has 0 N–H and O–H groups in total. The van der Waals surface area contributed by atoms with Gasteiger partial charge in [0.15, 0.2) is 0 Å². The molecule has 0 unspecified atom stereocenters. The molecule has 0 bridgehead atoms. The number of hydrazone groups is 1. The monoisotopic (exact) mass is 180 g/mol. The molecule has 0 atom stereocenters. The molecule has 0 aliphatic carbocycles. The highest BCUT2D eigenvalue weighted by Gasteiger charge is 2.16. The van der Waals surface area contributed by atoms with Crippen molar-refractivity contribution < 1.29 is 4.79 Å². The van der Waals surface area contributed by atoms with Gasteiger partial charge in [-0.15, -0.1) is 11.3 Å². The Morgan fingerprint density at radius 2 is 2.58 bits per heavy atom. The third kappa shape index (κ3) is 1.38. The first-order chi connectivity index (χ1) is 5.86. The summed E-state index contributed by atoms with van der Waals surface area (Å²) in [7, 11) is 0. The molecule has 62 valence electrons. The van der Waals surface area contributed by atoms with Crippen LogP contribution in [0.2, 0.25) is 0 Å². The van der Waals surface area contributed by atoms with Gasteiger partial charge in [0.05, 0.1) is 13.0 Å². The van der Waals surface area contributed by atoms with Crippen LogP contribution in [0.15, 0.2) is 22.6 Å². The lowest BCUT2D eigenvalue weighted by Crippen LogP contribution is -2.19. The Morgan fingerprint density at radius 3 is 3.17 bits per heavy atom. The zero-order valence-electron chi connectivity index (χ0n) is 6.43. The van der Waals surface area contributed by atoms with E-state index in [1.165, 1.54) is 9.89 Å². The van der Waals surface area contributed by atoms with Gasteiger partial charge in [-0.05, 0) is 11.4 Å². The third-order valence-corrected chi connectivity index (χ3v) is 2.52. The zero-order chi connectivity index (χ0) is 8.39. The average Bonchev–Trinajstić information content (AvgIpc) is 2.65. The standard InChI is InChI=1S/C8H8N2OS/c11-8-3-4-9-10(8)6-7-2-1-5-12-7/h1-2,4-5H,3,6H2. The molecular weight excluding hydrogens is 172 g/mol. The van der Waals surface area contributed by atoms with Crippen LogP contribution in [0.1, 0.15) is 11.3 Å². The molecule has 1 amide bonds. The van der Waals surface area contributed by atoms with E-state index >= 15 is 0 Å². The lowest BCUT2D eigenvalue weighted by molar-refractivity contribution is -0.129. The Labute approximate surface area is 74.3 Å². The molecule has 0 radical (unpaired) electrons. The van der Waals surface area contributed by atoms with Gasteiger partial charge in [0.1, 0.15) is 0 Å². The van der Waals surface area contributed by atoms with Gasteiger partial charge >= 0.3 is 0 Å². The molecule has 0 fully saturated rings.